The molecule has 0 rings (SSSR count). The van der Waals surface area contributed by atoms with E-state index in [1.54, 1.807) is 0 Å². The predicted octanol–water partition coefficient (Wildman–Crippen LogP) is 5.03. The molecule has 0 saturated heterocycles. The average Bonchev–Trinajstić information content (AvgIpc) is 2.67. The van der Waals surface area contributed by atoms with Crippen molar-refractivity contribution >= 4 is 47.4 Å². The van der Waals surface area contributed by atoms with Gasteiger partial charge in [-0.15, -0.1) is 0 Å². The predicted molar refractivity (Wildman–Crippen MR) is 123 cm³/mol. The van der Waals surface area contributed by atoms with Gasteiger partial charge in [-0.3, -0.25) is 9.59 Å². The van der Waals surface area contributed by atoms with Crippen molar-refractivity contribution in [3.8, 4) is 0 Å². The van der Waals surface area contributed by atoms with Crippen LogP contribution in [0.2, 0.25) is 0 Å². The first-order valence-corrected chi connectivity index (χ1v) is 11.7. The molecule has 0 saturated carbocycles. The Morgan fingerprint density at radius 3 is 1.42 bits per heavy atom. The third-order valence-electron chi connectivity index (χ3n) is 5.29. The van der Waals surface area contributed by atoms with Crippen LogP contribution in [0.15, 0.2) is 0 Å². The average molecular weight is 635 g/mol. The van der Waals surface area contributed by atoms with Crippen LogP contribution in [-0.2, 0) is 36.8 Å². The topological polar surface area (TPSA) is 104 Å². The van der Waals surface area contributed by atoms with Gasteiger partial charge >= 0.3 is 41.5 Å². The second kappa shape index (κ2) is 26.4. The molecule has 0 aromatic rings. The van der Waals surface area contributed by atoms with Gasteiger partial charge in [-0.05, 0) is 12.8 Å². The Bertz CT molecular complexity index is 452. The van der Waals surface area contributed by atoms with Crippen LogP contribution in [0.5, 0.6) is 0 Å². The molecule has 1 amide bonds. The van der Waals surface area contributed by atoms with Crippen LogP contribution in [0.25, 0.3) is 0 Å². The zero-order chi connectivity index (χ0) is 21.7. The number of unbranched alkanes of at least 4 members (excludes halogenated alkanes) is 14. The van der Waals surface area contributed by atoms with Crippen molar-refractivity contribution in [1.29, 1.82) is 0 Å². The van der Waals surface area contributed by atoms with Crippen molar-refractivity contribution in [1.82, 2.24) is 5.32 Å². The summed E-state index contributed by atoms with van der Waals surface area (Å²) in [6, 6.07) is -1.12. The molecule has 0 spiro atoms. The molecule has 31 heavy (non-hydrogen) atoms. The minimum absolute atomic E-state index is 0. The van der Waals surface area contributed by atoms with E-state index in [1.165, 1.54) is 77.0 Å². The number of rotatable bonds is 21. The second-order valence-electron chi connectivity index (χ2n) is 8.09. The van der Waals surface area contributed by atoms with E-state index in [0.29, 0.717) is 6.42 Å². The van der Waals surface area contributed by atoms with Gasteiger partial charge in [0.15, 0.2) is 0 Å². The van der Waals surface area contributed by atoms with E-state index in [2.05, 4.69) is 12.2 Å². The van der Waals surface area contributed by atoms with Crippen LogP contribution >= 0.6 is 0 Å². The number of hydrogen-bond donors (Lipinski definition) is 3. The molecule has 0 aliphatic rings. The van der Waals surface area contributed by atoms with Gasteiger partial charge in [-0.25, -0.2) is 4.79 Å². The van der Waals surface area contributed by atoms with Crippen molar-refractivity contribution in [2.24, 2.45) is 0 Å². The zero-order valence-corrected chi connectivity index (χ0v) is 20.9. The van der Waals surface area contributed by atoms with E-state index in [0.717, 1.165) is 19.3 Å². The van der Waals surface area contributed by atoms with Gasteiger partial charge in [0.1, 0.15) is 6.04 Å². The van der Waals surface area contributed by atoms with Crippen molar-refractivity contribution < 1.29 is 47.0 Å². The normalized spacial score (nSPS) is 11.1. The maximum atomic E-state index is 11.8. The third kappa shape index (κ3) is 26.3. The summed E-state index contributed by atoms with van der Waals surface area (Å²) < 4.78 is 0. The molecular formula is C23H44AuNNaO5. The molecule has 8 heteroatoms. The summed E-state index contributed by atoms with van der Waals surface area (Å²) in [6.45, 7) is 2.25. The van der Waals surface area contributed by atoms with Crippen molar-refractivity contribution in [2.75, 3.05) is 0 Å². The van der Waals surface area contributed by atoms with Gasteiger partial charge in [-0.2, -0.15) is 0 Å². The van der Waals surface area contributed by atoms with Crippen LogP contribution in [0, 0.1) is 0 Å². The molecule has 0 aliphatic heterocycles. The molecule has 0 aliphatic carbocycles. The number of hydrogen-bond acceptors (Lipinski definition) is 3. The van der Waals surface area contributed by atoms with E-state index in [-0.39, 0.29) is 70.7 Å². The molecule has 0 bridgehead atoms. The Morgan fingerprint density at radius 1 is 0.677 bits per heavy atom. The van der Waals surface area contributed by atoms with Gasteiger partial charge in [-0.1, -0.05) is 96.8 Å². The zero-order valence-electron chi connectivity index (χ0n) is 18.7. The van der Waals surface area contributed by atoms with Gasteiger partial charge in [0.2, 0.25) is 5.91 Å². The number of aliphatic carboxylic acids is 2. The quantitative estimate of drug-likeness (QED) is 0.121. The first-order valence-electron chi connectivity index (χ1n) is 11.7. The standard InChI is InChI=1S/C23H43NO5.Au.Na.H/c1-2-3-4-5-6-7-8-9-10-11-12-13-14-15-16-17-21(25)24-20(23(28)29)18-19-22(26)27;;;/h20H,2-19H2,1H3,(H,24,25)(H,26,27)(H,28,29);;;/t20-;;;/m0.../s1. The molecule has 0 aromatic heterocycles. The molecule has 0 heterocycles. The Balaban J connectivity index is -0.00000392. The van der Waals surface area contributed by atoms with Crippen LogP contribution < -0.4 is 5.32 Å². The van der Waals surface area contributed by atoms with E-state index in [9.17, 15) is 14.4 Å². The summed E-state index contributed by atoms with van der Waals surface area (Å²) in [4.78, 5) is 33.4. The minimum atomic E-state index is -1.18. The molecule has 6 nitrogen and oxygen atoms in total. The SMILES string of the molecule is CCCCCCCCCCCCCCCCCC(=O)N[C@@H](CCC(=O)O)C(=O)O.[Au].[NaH]. The summed E-state index contributed by atoms with van der Waals surface area (Å²) >= 11 is 0. The van der Waals surface area contributed by atoms with E-state index in [4.69, 9.17) is 10.2 Å². The van der Waals surface area contributed by atoms with Crippen LogP contribution in [0.1, 0.15) is 122 Å². The fourth-order valence-electron chi connectivity index (χ4n) is 3.45. The summed E-state index contributed by atoms with van der Waals surface area (Å²) in [5.74, 6) is -2.55. The maximum absolute atomic E-state index is 11.8. The molecule has 0 fully saturated rings. The van der Waals surface area contributed by atoms with E-state index >= 15 is 0 Å². The molecule has 3 N–H and O–H groups in total. The summed E-state index contributed by atoms with van der Waals surface area (Å²) in [5.41, 5.74) is 0. The summed E-state index contributed by atoms with van der Waals surface area (Å²) in [7, 11) is 0. The van der Waals surface area contributed by atoms with E-state index < -0.39 is 18.0 Å². The molecule has 0 aromatic carbocycles. The number of nitrogens with one attached hydrogen (secondary N) is 1. The Morgan fingerprint density at radius 2 is 1.06 bits per heavy atom. The summed E-state index contributed by atoms with van der Waals surface area (Å²) in [5, 5.41) is 20.1. The molecule has 1 radical (unpaired) electrons. The first kappa shape index (κ1) is 35.7. The molecule has 183 valence electrons. The molecule has 1 atom stereocenters. The fourth-order valence-corrected chi connectivity index (χ4v) is 3.45. The Labute approximate surface area is 226 Å². The van der Waals surface area contributed by atoms with Crippen molar-refractivity contribution in [2.45, 2.75) is 129 Å². The third-order valence-corrected chi connectivity index (χ3v) is 5.29. The van der Waals surface area contributed by atoms with E-state index in [1.807, 2.05) is 0 Å². The molecule has 0 unspecified atom stereocenters. The van der Waals surface area contributed by atoms with Gasteiger partial charge < -0.3 is 15.5 Å². The fraction of sp³-hybridized carbons (Fsp3) is 0.870. The Hall–Kier alpha value is 0.150. The number of carboxylic acids is 2. The van der Waals surface area contributed by atoms with Crippen LogP contribution in [0.3, 0.4) is 0 Å². The van der Waals surface area contributed by atoms with Crippen molar-refractivity contribution in [3.63, 3.8) is 0 Å². The van der Waals surface area contributed by atoms with Crippen LogP contribution in [-0.4, -0.2) is 63.7 Å². The van der Waals surface area contributed by atoms with Crippen LogP contribution in [0.4, 0.5) is 0 Å². The monoisotopic (exact) mass is 634 g/mol. The van der Waals surface area contributed by atoms with Gasteiger partial charge in [0.25, 0.3) is 0 Å². The van der Waals surface area contributed by atoms with Gasteiger partial charge in [0, 0.05) is 35.2 Å². The summed E-state index contributed by atoms with van der Waals surface area (Å²) in [6.07, 6.45) is 18.8. The number of amides is 1. The number of carboxylic acid groups (broad SMARTS) is 2. The number of carbonyl (C=O) groups excluding carboxylic acids is 1. The Kier molecular flexibility index (Phi) is 30.4. The molecular weight excluding hydrogens is 590 g/mol. The van der Waals surface area contributed by atoms with Gasteiger partial charge in [0.05, 0.1) is 0 Å². The van der Waals surface area contributed by atoms with Crippen molar-refractivity contribution in [3.05, 3.63) is 0 Å². The first-order chi connectivity index (χ1) is 14.0. The number of carbonyl (C=O) groups is 3. The second-order valence-corrected chi connectivity index (χ2v) is 8.09.